The van der Waals surface area contributed by atoms with Crippen LogP contribution in [0.15, 0.2) is 30.3 Å². The van der Waals surface area contributed by atoms with Crippen molar-refractivity contribution in [3.05, 3.63) is 41.7 Å². The van der Waals surface area contributed by atoms with Crippen molar-refractivity contribution in [1.82, 2.24) is 9.97 Å². The number of hydrogen-bond acceptors (Lipinski definition) is 4. The van der Waals surface area contributed by atoms with E-state index >= 15 is 0 Å². The third kappa shape index (κ3) is 3.22. The van der Waals surface area contributed by atoms with Gasteiger partial charge in [-0.3, -0.25) is 0 Å². The van der Waals surface area contributed by atoms with Crippen molar-refractivity contribution >= 4 is 17.3 Å². The molecule has 2 aromatic rings. The highest BCUT2D eigenvalue weighted by Crippen LogP contribution is 2.23. The van der Waals surface area contributed by atoms with Gasteiger partial charge in [0.15, 0.2) is 0 Å². The summed E-state index contributed by atoms with van der Waals surface area (Å²) in [6.45, 7) is 4.19. The molecule has 0 spiro atoms. The van der Waals surface area contributed by atoms with Gasteiger partial charge in [0.1, 0.15) is 17.5 Å². The molecule has 0 unspecified atom stereocenters. The molecule has 0 aliphatic rings. The fourth-order valence-electron chi connectivity index (χ4n) is 1.98. The highest BCUT2D eigenvalue weighted by molar-refractivity contribution is 5.61. The molecule has 19 heavy (non-hydrogen) atoms. The van der Waals surface area contributed by atoms with Gasteiger partial charge in [-0.25, -0.2) is 9.97 Å². The number of benzene rings is 1. The van der Waals surface area contributed by atoms with E-state index in [-0.39, 0.29) is 0 Å². The third-order valence-electron chi connectivity index (χ3n) is 2.98. The molecule has 0 aliphatic carbocycles. The van der Waals surface area contributed by atoms with Crippen LogP contribution in [0, 0.1) is 6.92 Å². The Morgan fingerprint density at radius 1 is 1.21 bits per heavy atom. The summed E-state index contributed by atoms with van der Waals surface area (Å²) in [5.74, 6) is 2.16. The quantitative estimate of drug-likeness (QED) is 0.913. The summed E-state index contributed by atoms with van der Waals surface area (Å²) in [7, 11) is 1.99. The Hall–Kier alpha value is -2.10. The average molecular weight is 256 g/mol. The van der Waals surface area contributed by atoms with Gasteiger partial charge in [0.2, 0.25) is 0 Å². The van der Waals surface area contributed by atoms with Crippen LogP contribution in [0.3, 0.4) is 0 Å². The number of rotatable bonds is 4. The molecule has 2 N–H and O–H groups in total. The van der Waals surface area contributed by atoms with Crippen LogP contribution in [0.5, 0.6) is 0 Å². The molecule has 4 nitrogen and oxygen atoms in total. The minimum atomic E-state index is 0.521. The van der Waals surface area contributed by atoms with E-state index in [1.54, 1.807) is 0 Å². The largest absolute Gasteiger partial charge is 0.384 e. The van der Waals surface area contributed by atoms with Crippen LogP contribution in [0.2, 0.25) is 0 Å². The molecule has 0 bridgehead atoms. The molecule has 0 fully saturated rings. The highest BCUT2D eigenvalue weighted by Gasteiger charge is 2.08. The Labute approximate surface area is 114 Å². The first-order valence-corrected chi connectivity index (χ1v) is 6.54. The summed E-state index contributed by atoms with van der Waals surface area (Å²) in [5, 5.41) is 0. The minimum Gasteiger partial charge on any atom is -0.384 e. The predicted octanol–water partition coefficient (Wildman–Crippen LogP) is 3.09. The second kappa shape index (κ2) is 5.69. The van der Waals surface area contributed by atoms with Gasteiger partial charge < -0.3 is 10.6 Å². The molecule has 0 saturated carbocycles. The number of hydrogen-bond donors (Lipinski definition) is 1. The number of nitrogen functional groups attached to an aromatic ring is 1. The molecule has 0 amide bonds. The fraction of sp³-hybridized carbons (Fsp3) is 0.333. The molecule has 4 heteroatoms. The third-order valence-corrected chi connectivity index (χ3v) is 2.98. The van der Waals surface area contributed by atoms with Crippen molar-refractivity contribution in [2.45, 2.75) is 26.7 Å². The van der Waals surface area contributed by atoms with Gasteiger partial charge in [0, 0.05) is 25.2 Å². The predicted molar refractivity (Wildman–Crippen MR) is 79.7 cm³/mol. The van der Waals surface area contributed by atoms with Crippen LogP contribution in [0.25, 0.3) is 0 Å². The van der Waals surface area contributed by atoms with Crippen molar-refractivity contribution in [3.63, 3.8) is 0 Å². The summed E-state index contributed by atoms with van der Waals surface area (Å²) < 4.78 is 0. The zero-order chi connectivity index (χ0) is 13.8. The van der Waals surface area contributed by atoms with Crippen LogP contribution in [-0.2, 0) is 6.42 Å². The number of aromatic nitrogens is 2. The van der Waals surface area contributed by atoms with Crippen molar-refractivity contribution in [1.29, 1.82) is 0 Å². The zero-order valence-electron chi connectivity index (χ0n) is 11.7. The second-order valence-corrected chi connectivity index (χ2v) is 4.72. The molecule has 2 rings (SSSR count). The summed E-state index contributed by atoms with van der Waals surface area (Å²) in [6, 6.07) is 10.1. The van der Waals surface area contributed by atoms with Crippen LogP contribution in [0.1, 0.15) is 24.7 Å². The van der Waals surface area contributed by atoms with Crippen molar-refractivity contribution in [3.8, 4) is 0 Å². The Kier molecular flexibility index (Phi) is 4.00. The van der Waals surface area contributed by atoms with Gasteiger partial charge in [-0.05, 0) is 31.0 Å². The monoisotopic (exact) mass is 256 g/mol. The molecular weight excluding hydrogens is 236 g/mol. The van der Waals surface area contributed by atoms with E-state index in [1.807, 2.05) is 24.1 Å². The van der Waals surface area contributed by atoms with Crippen molar-refractivity contribution < 1.29 is 0 Å². The van der Waals surface area contributed by atoms with Gasteiger partial charge in [-0.15, -0.1) is 0 Å². The highest BCUT2D eigenvalue weighted by atomic mass is 15.2. The molecule has 1 aromatic heterocycles. The molecule has 0 radical (unpaired) electrons. The maximum absolute atomic E-state index is 5.86. The van der Waals surface area contributed by atoms with Crippen LogP contribution in [0.4, 0.5) is 17.3 Å². The Balaban J connectivity index is 2.35. The number of anilines is 3. The first kappa shape index (κ1) is 13.3. The number of nitrogens with two attached hydrogens (primary N) is 1. The van der Waals surface area contributed by atoms with Gasteiger partial charge in [-0.1, -0.05) is 19.1 Å². The van der Waals surface area contributed by atoms with Crippen molar-refractivity contribution in [2.75, 3.05) is 17.7 Å². The van der Waals surface area contributed by atoms with Gasteiger partial charge in [-0.2, -0.15) is 0 Å². The zero-order valence-corrected chi connectivity index (χ0v) is 11.7. The lowest BCUT2D eigenvalue weighted by molar-refractivity contribution is 0.834. The maximum atomic E-state index is 5.86. The molecule has 1 heterocycles. The first-order chi connectivity index (χ1) is 9.10. The molecule has 0 atom stereocenters. The molecule has 0 aliphatic heterocycles. The number of aryl methyl sites for hydroxylation is 2. The second-order valence-electron chi connectivity index (χ2n) is 4.72. The van der Waals surface area contributed by atoms with Gasteiger partial charge >= 0.3 is 0 Å². The average Bonchev–Trinajstić information content (AvgIpc) is 2.37. The van der Waals surface area contributed by atoms with Crippen molar-refractivity contribution in [2.24, 2.45) is 0 Å². The first-order valence-electron chi connectivity index (χ1n) is 6.54. The van der Waals surface area contributed by atoms with Gasteiger partial charge in [0.05, 0.1) is 0 Å². The summed E-state index contributed by atoms with van der Waals surface area (Å²) >= 11 is 0. The van der Waals surface area contributed by atoms with E-state index < -0.39 is 0 Å². The van der Waals surface area contributed by atoms with E-state index in [9.17, 15) is 0 Å². The lowest BCUT2D eigenvalue weighted by atomic mass is 10.2. The molecule has 0 saturated heterocycles. The van der Waals surface area contributed by atoms with E-state index in [0.717, 1.165) is 30.2 Å². The number of nitrogens with zero attached hydrogens (tertiary/aromatic N) is 3. The SMILES string of the molecule is CCCc1nc(N)cc(N(C)c2cccc(C)c2)n1. The summed E-state index contributed by atoms with van der Waals surface area (Å²) in [5.41, 5.74) is 8.18. The van der Waals surface area contributed by atoms with Gasteiger partial charge in [0.25, 0.3) is 0 Å². The van der Waals surface area contributed by atoms with E-state index in [1.165, 1.54) is 5.56 Å². The van der Waals surface area contributed by atoms with Crippen LogP contribution < -0.4 is 10.6 Å². The molecule has 1 aromatic carbocycles. The minimum absolute atomic E-state index is 0.521. The smallest absolute Gasteiger partial charge is 0.138 e. The normalized spacial score (nSPS) is 10.5. The Morgan fingerprint density at radius 2 is 2.00 bits per heavy atom. The van der Waals surface area contributed by atoms with E-state index in [4.69, 9.17) is 5.73 Å². The van der Waals surface area contributed by atoms with Crippen LogP contribution in [-0.4, -0.2) is 17.0 Å². The summed E-state index contributed by atoms with van der Waals surface area (Å²) in [4.78, 5) is 10.9. The maximum Gasteiger partial charge on any atom is 0.138 e. The lowest BCUT2D eigenvalue weighted by Gasteiger charge is -2.19. The molecular formula is C15H20N4. The van der Waals surface area contributed by atoms with E-state index in [2.05, 4.69) is 42.0 Å². The van der Waals surface area contributed by atoms with E-state index in [0.29, 0.717) is 5.82 Å². The standard InChI is InChI=1S/C15H20N4/c1-4-6-14-17-13(16)10-15(18-14)19(3)12-8-5-7-11(2)9-12/h5,7-10H,4,6H2,1-3H3,(H2,16,17,18). The summed E-state index contributed by atoms with van der Waals surface area (Å²) in [6.07, 6.45) is 1.86. The van der Waals surface area contributed by atoms with Crippen LogP contribution >= 0.6 is 0 Å². The lowest BCUT2D eigenvalue weighted by Crippen LogP contribution is -2.13. The Morgan fingerprint density at radius 3 is 2.68 bits per heavy atom. The topological polar surface area (TPSA) is 55.0 Å². The fourth-order valence-corrected chi connectivity index (χ4v) is 1.98. The molecule has 100 valence electrons. The Bertz CT molecular complexity index is 566.